The number of hydrogen-bond donors (Lipinski definition) is 1. The van der Waals surface area contributed by atoms with E-state index in [1.807, 2.05) is 52.9 Å². The molecule has 27 heavy (non-hydrogen) atoms. The number of para-hydroxylation sites is 1. The minimum absolute atomic E-state index is 0.527. The molecule has 0 aliphatic rings. The van der Waals surface area contributed by atoms with E-state index >= 15 is 0 Å². The predicted molar refractivity (Wildman–Crippen MR) is 104 cm³/mol. The van der Waals surface area contributed by atoms with Crippen molar-refractivity contribution >= 4 is 22.5 Å². The highest BCUT2D eigenvalue weighted by Crippen LogP contribution is 2.28. The first-order valence-electron chi connectivity index (χ1n) is 8.77. The highest BCUT2D eigenvalue weighted by molar-refractivity contribution is 5.93. The fourth-order valence-electron chi connectivity index (χ4n) is 3.28. The van der Waals surface area contributed by atoms with Crippen molar-refractivity contribution in [2.75, 3.05) is 5.32 Å². The van der Waals surface area contributed by atoms with Gasteiger partial charge >= 0.3 is 0 Å². The summed E-state index contributed by atoms with van der Waals surface area (Å²) in [6, 6.07) is 19.9. The van der Waals surface area contributed by atoms with Gasteiger partial charge in [-0.25, -0.2) is 9.38 Å². The third-order valence-corrected chi connectivity index (χ3v) is 4.63. The van der Waals surface area contributed by atoms with Crippen LogP contribution >= 0.6 is 0 Å². The van der Waals surface area contributed by atoms with Gasteiger partial charge in [0.05, 0.1) is 18.3 Å². The Bertz CT molecular complexity index is 1240. The first-order valence-corrected chi connectivity index (χ1v) is 8.77. The lowest BCUT2D eigenvalue weighted by Gasteiger charge is -2.11. The summed E-state index contributed by atoms with van der Waals surface area (Å²) >= 11 is 0. The Labute approximate surface area is 155 Å². The van der Waals surface area contributed by atoms with Crippen LogP contribution in [0.15, 0.2) is 71.3 Å². The number of fused-ring (bicyclic) bond motifs is 3. The standard InChI is InChI=1S/C21H17N5O/c1-14-7-2-3-9-16(14)19-24-25-20-17-10-4-5-11-18(17)23-21(26(19)20)22-13-15-8-6-12-27-15/h2-12H,13H2,1H3,(H,22,23). The first-order chi connectivity index (χ1) is 13.3. The summed E-state index contributed by atoms with van der Waals surface area (Å²) in [4.78, 5) is 4.82. The zero-order valence-corrected chi connectivity index (χ0v) is 14.8. The van der Waals surface area contributed by atoms with Gasteiger partial charge in [0.2, 0.25) is 5.95 Å². The molecule has 0 amide bonds. The maximum atomic E-state index is 5.44. The van der Waals surface area contributed by atoms with Crippen LogP contribution in [0.3, 0.4) is 0 Å². The summed E-state index contributed by atoms with van der Waals surface area (Å²) in [6.45, 7) is 2.60. The molecule has 6 nitrogen and oxygen atoms in total. The minimum atomic E-state index is 0.527. The average molecular weight is 355 g/mol. The Morgan fingerprint density at radius 2 is 1.81 bits per heavy atom. The number of nitrogens with one attached hydrogen (secondary N) is 1. The lowest BCUT2D eigenvalue weighted by Crippen LogP contribution is -2.08. The molecule has 0 aliphatic heterocycles. The molecule has 5 rings (SSSR count). The van der Waals surface area contributed by atoms with Gasteiger partial charge in [0, 0.05) is 10.9 Å². The van der Waals surface area contributed by atoms with E-state index in [0.717, 1.165) is 39.3 Å². The number of aromatic nitrogens is 4. The van der Waals surface area contributed by atoms with Gasteiger partial charge in [0.1, 0.15) is 5.76 Å². The molecule has 2 aromatic carbocycles. The van der Waals surface area contributed by atoms with Crippen molar-refractivity contribution in [3.63, 3.8) is 0 Å². The molecule has 0 aliphatic carbocycles. The Kier molecular flexibility index (Phi) is 3.60. The van der Waals surface area contributed by atoms with Crippen molar-refractivity contribution < 1.29 is 4.42 Å². The van der Waals surface area contributed by atoms with Crippen LogP contribution in [0.5, 0.6) is 0 Å². The monoisotopic (exact) mass is 355 g/mol. The average Bonchev–Trinajstić information content (AvgIpc) is 3.37. The van der Waals surface area contributed by atoms with Crippen LogP contribution in [0.25, 0.3) is 27.9 Å². The number of hydrogen-bond acceptors (Lipinski definition) is 5. The Morgan fingerprint density at radius 3 is 2.67 bits per heavy atom. The van der Waals surface area contributed by atoms with Gasteiger partial charge in [0.15, 0.2) is 11.5 Å². The van der Waals surface area contributed by atoms with Crippen molar-refractivity contribution in [2.45, 2.75) is 13.5 Å². The van der Waals surface area contributed by atoms with Gasteiger partial charge in [-0.2, -0.15) is 0 Å². The number of aryl methyl sites for hydroxylation is 1. The molecule has 0 saturated heterocycles. The van der Waals surface area contributed by atoms with E-state index in [0.29, 0.717) is 12.5 Å². The van der Waals surface area contributed by atoms with Crippen LogP contribution in [0, 0.1) is 6.92 Å². The Balaban J connectivity index is 1.74. The Morgan fingerprint density at radius 1 is 0.963 bits per heavy atom. The molecule has 0 spiro atoms. The van der Waals surface area contributed by atoms with Gasteiger partial charge in [-0.15, -0.1) is 10.2 Å². The van der Waals surface area contributed by atoms with Crippen LogP contribution in [0.4, 0.5) is 5.95 Å². The van der Waals surface area contributed by atoms with E-state index in [9.17, 15) is 0 Å². The molecule has 0 unspecified atom stereocenters. The highest BCUT2D eigenvalue weighted by atomic mass is 16.3. The molecule has 1 N–H and O–H groups in total. The summed E-state index contributed by atoms with van der Waals surface area (Å²) in [5, 5.41) is 13.3. The van der Waals surface area contributed by atoms with Crippen LogP contribution in [0.2, 0.25) is 0 Å². The minimum Gasteiger partial charge on any atom is -0.467 e. The van der Waals surface area contributed by atoms with Crippen molar-refractivity contribution in [2.24, 2.45) is 0 Å². The van der Waals surface area contributed by atoms with Gasteiger partial charge in [-0.05, 0) is 36.8 Å². The zero-order chi connectivity index (χ0) is 18.2. The van der Waals surface area contributed by atoms with E-state index in [-0.39, 0.29) is 0 Å². The van der Waals surface area contributed by atoms with E-state index in [1.54, 1.807) is 6.26 Å². The number of benzene rings is 2. The normalized spacial score (nSPS) is 11.3. The number of nitrogens with zero attached hydrogens (tertiary/aromatic N) is 4. The molecule has 0 radical (unpaired) electrons. The van der Waals surface area contributed by atoms with E-state index in [4.69, 9.17) is 9.40 Å². The number of rotatable bonds is 4. The van der Waals surface area contributed by atoms with Crippen molar-refractivity contribution in [1.82, 2.24) is 19.6 Å². The zero-order valence-electron chi connectivity index (χ0n) is 14.8. The van der Waals surface area contributed by atoms with Crippen LogP contribution < -0.4 is 5.32 Å². The predicted octanol–water partition coefficient (Wildman–Crippen LogP) is 4.46. The molecule has 3 heterocycles. The first kappa shape index (κ1) is 15.6. The second kappa shape index (κ2) is 6.25. The second-order valence-corrected chi connectivity index (χ2v) is 6.38. The quantitative estimate of drug-likeness (QED) is 0.515. The lowest BCUT2D eigenvalue weighted by atomic mass is 10.1. The summed E-state index contributed by atoms with van der Waals surface area (Å²) < 4.78 is 7.42. The Hall–Kier alpha value is -3.67. The fourth-order valence-corrected chi connectivity index (χ4v) is 3.28. The van der Waals surface area contributed by atoms with Crippen LogP contribution in [-0.4, -0.2) is 19.6 Å². The maximum absolute atomic E-state index is 5.44. The summed E-state index contributed by atoms with van der Waals surface area (Å²) in [5.41, 5.74) is 3.82. The molecule has 0 saturated carbocycles. The van der Waals surface area contributed by atoms with Gasteiger partial charge in [-0.3, -0.25) is 0 Å². The number of furan rings is 1. The maximum Gasteiger partial charge on any atom is 0.211 e. The molecule has 0 atom stereocenters. The molecular formula is C21H17N5O. The van der Waals surface area contributed by atoms with E-state index < -0.39 is 0 Å². The van der Waals surface area contributed by atoms with Gasteiger partial charge in [-0.1, -0.05) is 36.4 Å². The molecule has 0 bridgehead atoms. The molecule has 132 valence electrons. The molecular weight excluding hydrogens is 338 g/mol. The lowest BCUT2D eigenvalue weighted by molar-refractivity contribution is 0.517. The van der Waals surface area contributed by atoms with Crippen LogP contribution in [0.1, 0.15) is 11.3 Å². The summed E-state index contributed by atoms with van der Waals surface area (Å²) in [5.74, 6) is 2.29. The largest absolute Gasteiger partial charge is 0.467 e. The fraction of sp³-hybridized carbons (Fsp3) is 0.0952. The number of anilines is 1. The van der Waals surface area contributed by atoms with Crippen molar-refractivity contribution in [3.05, 3.63) is 78.3 Å². The van der Waals surface area contributed by atoms with E-state index in [2.05, 4.69) is 34.6 Å². The molecule has 3 aromatic heterocycles. The molecule has 5 aromatic rings. The molecule has 6 heteroatoms. The smallest absolute Gasteiger partial charge is 0.211 e. The van der Waals surface area contributed by atoms with Gasteiger partial charge in [0.25, 0.3) is 0 Å². The van der Waals surface area contributed by atoms with Crippen LogP contribution in [-0.2, 0) is 6.54 Å². The summed E-state index contributed by atoms with van der Waals surface area (Å²) in [6.07, 6.45) is 1.66. The van der Waals surface area contributed by atoms with Gasteiger partial charge < -0.3 is 9.73 Å². The van der Waals surface area contributed by atoms with E-state index in [1.165, 1.54) is 0 Å². The third kappa shape index (κ3) is 2.62. The van der Waals surface area contributed by atoms with Crippen molar-refractivity contribution in [1.29, 1.82) is 0 Å². The highest BCUT2D eigenvalue weighted by Gasteiger charge is 2.17. The second-order valence-electron chi connectivity index (χ2n) is 6.38. The van der Waals surface area contributed by atoms with Crippen molar-refractivity contribution in [3.8, 4) is 11.4 Å². The summed E-state index contributed by atoms with van der Waals surface area (Å²) in [7, 11) is 0. The third-order valence-electron chi connectivity index (χ3n) is 4.63. The molecule has 0 fully saturated rings. The SMILES string of the molecule is Cc1ccccc1-c1nnc2c3ccccc3nc(NCc3ccco3)n12. The topological polar surface area (TPSA) is 68.2 Å².